The van der Waals surface area contributed by atoms with E-state index in [0.717, 1.165) is 12.0 Å². The summed E-state index contributed by atoms with van der Waals surface area (Å²) < 4.78 is 29.8. The molecule has 7 heteroatoms. The lowest BCUT2D eigenvalue weighted by Gasteiger charge is -2.02. The molecule has 2 aromatic rings. The van der Waals surface area contributed by atoms with Gasteiger partial charge in [0, 0.05) is 6.54 Å². The van der Waals surface area contributed by atoms with Crippen LogP contribution in [0.4, 0.5) is 0 Å². The molecule has 124 valence electrons. The molecule has 0 radical (unpaired) electrons. The summed E-state index contributed by atoms with van der Waals surface area (Å²) in [5.41, 5.74) is 7.49. The van der Waals surface area contributed by atoms with E-state index in [9.17, 15) is 8.42 Å². The predicted molar refractivity (Wildman–Crippen MR) is 95.7 cm³/mol. The van der Waals surface area contributed by atoms with E-state index in [1.807, 2.05) is 37.3 Å². The van der Waals surface area contributed by atoms with Crippen molar-refractivity contribution in [1.29, 1.82) is 0 Å². The Hall–Kier alpha value is -1.96. The van der Waals surface area contributed by atoms with Gasteiger partial charge in [-0.25, -0.2) is 0 Å². The molecule has 0 aliphatic carbocycles. The molecule has 0 spiro atoms. The third-order valence-electron chi connectivity index (χ3n) is 2.94. The highest BCUT2D eigenvalue weighted by Gasteiger charge is 2.07. The molecule has 0 aromatic heterocycles. The number of thiocarbonyl (C=S) groups is 1. The summed E-state index contributed by atoms with van der Waals surface area (Å²) in [7, 11) is -4.03. The van der Waals surface area contributed by atoms with Crippen LogP contribution in [-0.4, -0.2) is 18.1 Å². The van der Waals surface area contributed by atoms with Crippen LogP contribution >= 0.6 is 12.2 Å². The number of hydrogen-bond acceptors (Lipinski definition) is 3. The molecular formula is C16H20N2O3S2. The fraction of sp³-hybridized carbons (Fsp3) is 0.188. The first-order valence-corrected chi connectivity index (χ1v) is 8.81. The molecule has 0 saturated heterocycles. The van der Waals surface area contributed by atoms with E-state index in [0.29, 0.717) is 11.7 Å². The van der Waals surface area contributed by atoms with E-state index in [2.05, 4.69) is 17.5 Å². The Bertz CT molecular complexity index is 715. The lowest BCUT2D eigenvalue weighted by Crippen LogP contribution is -2.28. The summed E-state index contributed by atoms with van der Waals surface area (Å²) in [6.07, 6.45) is 0.853. The summed E-state index contributed by atoms with van der Waals surface area (Å²) in [6.45, 7) is 2.68. The molecule has 0 amide bonds. The fourth-order valence-electron chi connectivity index (χ4n) is 1.68. The van der Waals surface area contributed by atoms with Crippen LogP contribution in [0.3, 0.4) is 0 Å². The highest BCUT2D eigenvalue weighted by Crippen LogP contribution is 2.09. The Morgan fingerprint density at radius 1 is 1.09 bits per heavy atom. The Kier molecular flexibility index (Phi) is 7.67. The summed E-state index contributed by atoms with van der Waals surface area (Å²) in [5, 5.41) is 3.21. The van der Waals surface area contributed by atoms with Crippen molar-refractivity contribution in [2.45, 2.75) is 24.8 Å². The van der Waals surface area contributed by atoms with Gasteiger partial charge in [-0.15, -0.1) is 0 Å². The second kappa shape index (κ2) is 9.24. The lowest BCUT2D eigenvalue weighted by molar-refractivity contribution is 0.483. The van der Waals surface area contributed by atoms with Crippen molar-refractivity contribution in [2.75, 3.05) is 0 Å². The van der Waals surface area contributed by atoms with Crippen molar-refractivity contribution in [3.8, 4) is 0 Å². The van der Waals surface area contributed by atoms with Gasteiger partial charge < -0.3 is 11.1 Å². The highest BCUT2D eigenvalue weighted by molar-refractivity contribution is 7.85. The maximum Gasteiger partial charge on any atom is 0.294 e. The first-order chi connectivity index (χ1) is 10.8. The largest absolute Gasteiger partial charge is 0.376 e. The van der Waals surface area contributed by atoms with Crippen LogP contribution in [0.5, 0.6) is 0 Å². The van der Waals surface area contributed by atoms with Crippen molar-refractivity contribution in [2.24, 2.45) is 5.73 Å². The molecule has 23 heavy (non-hydrogen) atoms. The van der Waals surface area contributed by atoms with Crippen molar-refractivity contribution in [3.63, 3.8) is 0 Å². The lowest BCUT2D eigenvalue weighted by atomic mass is 10.2. The summed E-state index contributed by atoms with van der Waals surface area (Å²) in [6, 6.07) is 16.1. The number of benzene rings is 2. The van der Waals surface area contributed by atoms with Gasteiger partial charge in [0.2, 0.25) is 0 Å². The van der Waals surface area contributed by atoms with Gasteiger partial charge in [-0.2, -0.15) is 8.42 Å². The average Bonchev–Trinajstić information content (AvgIpc) is 2.54. The van der Waals surface area contributed by atoms with Crippen molar-refractivity contribution < 1.29 is 13.0 Å². The topological polar surface area (TPSA) is 92.4 Å². The van der Waals surface area contributed by atoms with Crippen molar-refractivity contribution in [3.05, 3.63) is 65.7 Å². The van der Waals surface area contributed by atoms with Gasteiger partial charge in [-0.05, 0) is 41.9 Å². The Balaban J connectivity index is 0.000000231. The molecule has 5 nitrogen and oxygen atoms in total. The number of nitrogens with two attached hydrogens (primary N) is 1. The fourth-order valence-corrected chi connectivity index (χ4v) is 2.23. The second-order valence-electron chi connectivity index (χ2n) is 4.68. The average molecular weight is 352 g/mol. The first-order valence-electron chi connectivity index (χ1n) is 6.96. The number of rotatable bonds is 4. The predicted octanol–water partition coefficient (Wildman–Crippen LogP) is 2.52. The van der Waals surface area contributed by atoms with Crippen LogP contribution in [0, 0.1) is 0 Å². The molecular weight excluding hydrogens is 332 g/mol. The number of aryl methyl sites for hydroxylation is 1. The molecule has 0 unspecified atom stereocenters. The van der Waals surface area contributed by atoms with E-state index < -0.39 is 10.1 Å². The standard InChI is InChI=1S/C8H10N2S.C8H10O3S/c9-8(11)10-6-7-4-2-1-3-5-7;1-2-7-3-5-8(6-4-7)12(9,10)11/h1-5H,6H2,(H3,9,10,11);3-6H,2H2,1H3,(H,9,10,11). The summed E-state index contributed by atoms with van der Waals surface area (Å²) >= 11 is 4.66. The van der Waals surface area contributed by atoms with Gasteiger partial charge in [0.1, 0.15) is 0 Å². The SMILES string of the molecule is CCc1ccc(S(=O)(=O)O)cc1.NC(=S)NCc1ccccc1. The van der Waals surface area contributed by atoms with Crippen LogP contribution in [0.1, 0.15) is 18.1 Å². The van der Waals surface area contributed by atoms with E-state index in [-0.39, 0.29) is 4.90 Å². The minimum absolute atomic E-state index is 0.0558. The monoisotopic (exact) mass is 352 g/mol. The van der Waals surface area contributed by atoms with E-state index >= 15 is 0 Å². The van der Waals surface area contributed by atoms with E-state index in [1.54, 1.807) is 12.1 Å². The van der Waals surface area contributed by atoms with E-state index in [4.69, 9.17) is 10.3 Å². The molecule has 0 bridgehead atoms. The molecule has 0 saturated carbocycles. The van der Waals surface area contributed by atoms with Gasteiger partial charge >= 0.3 is 0 Å². The zero-order valence-electron chi connectivity index (χ0n) is 12.8. The van der Waals surface area contributed by atoms with Gasteiger partial charge in [0.15, 0.2) is 5.11 Å². The van der Waals surface area contributed by atoms with Crippen molar-refractivity contribution in [1.82, 2.24) is 5.32 Å². The Labute approximate surface area is 142 Å². The van der Waals surface area contributed by atoms with Crippen LogP contribution < -0.4 is 11.1 Å². The van der Waals surface area contributed by atoms with Crippen LogP contribution in [0.2, 0.25) is 0 Å². The molecule has 2 rings (SSSR count). The molecule has 0 atom stereocenters. The van der Waals surface area contributed by atoms with Crippen LogP contribution in [-0.2, 0) is 23.1 Å². The molecule has 0 aliphatic rings. The van der Waals surface area contributed by atoms with Gasteiger partial charge in [0.25, 0.3) is 10.1 Å². The van der Waals surface area contributed by atoms with Crippen molar-refractivity contribution >= 4 is 27.4 Å². The molecule has 2 aromatic carbocycles. The zero-order valence-corrected chi connectivity index (χ0v) is 14.4. The Morgan fingerprint density at radius 3 is 2.09 bits per heavy atom. The minimum atomic E-state index is -4.03. The van der Waals surface area contributed by atoms with Gasteiger partial charge in [-0.3, -0.25) is 4.55 Å². The minimum Gasteiger partial charge on any atom is -0.376 e. The third kappa shape index (κ3) is 7.73. The van der Waals surface area contributed by atoms with E-state index in [1.165, 1.54) is 17.7 Å². The molecule has 0 fully saturated rings. The number of hydrogen-bond donors (Lipinski definition) is 3. The maximum atomic E-state index is 10.6. The Morgan fingerprint density at radius 2 is 1.65 bits per heavy atom. The maximum absolute atomic E-state index is 10.6. The normalized spacial score (nSPS) is 10.3. The highest BCUT2D eigenvalue weighted by atomic mass is 32.2. The summed E-state index contributed by atoms with van der Waals surface area (Å²) in [5.74, 6) is 0. The van der Waals surface area contributed by atoms with Crippen LogP contribution in [0.15, 0.2) is 59.5 Å². The quantitative estimate of drug-likeness (QED) is 0.578. The smallest absolute Gasteiger partial charge is 0.294 e. The van der Waals surface area contributed by atoms with Gasteiger partial charge in [-0.1, -0.05) is 49.4 Å². The molecule has 4 N–H and O–H groups in total. The number of nitrogens with one attached hydrogen (secondary N) is 1. The molecule has 0 heterocycles. The first kappa shape index (κ1) is 19.1. The second-order valence-corrected chi connectivity index (χ2v) is 6.54. The zero-order chi connectivity index (χ0) is 17.3. The summed E-state index contributed by atoms with van der Waals surface area (Å²) in [4.78, 5) is -0.0558. The molecule has 0 aliphatic heterocycles. The van der Waals surface area contributed by atoms with Crippen LogP contribution in [0.25, 0.3) is 0 Å². The van der Waals surface area contributed by atoms with Gasteiger partial charge in [0.05, 0.1) is 4.90 Å². The third-order valence-corrected chi connectivity index (χ3v) is 3.95.